The molecule has 0 aliphatic heterocycles. The molecule has 0 fully saturated rings. The predicted octanol–water partition coefficient (Wildman–Crippen LogP) is 3.36. The van der Waals surface area contributed by atoms with E-state index in [0.717, 1.165) is 5.92 Å². The maximum absolute atomic E-state index is 3.62. The topological polar surface area (TPSA) is 0 Å². The van der Waals surface area contributed by atoms with Crippen LogP contribution < -0.4 is 0 Å². The van der Waals surface area contributed by atoms with Gasteiger partial charge in [0, 0.05) is 5.92 Å². The molecule has 0 saturated carbocycles. The standard InChI is InChI=1S/C12H14/c1-3-9-7-10(4-1)12-6-2-5-11(9)8-12/h7,9H,1-6H2. The molecular formula is C12H14. The molecule has 12 heavy (non-hydrogen) atoms. The summed E-state index contributed by atoms with van der Waals surface area (Å²) in [6.07, 6.45) is 10.6. The third kappa shape index (κ3) is 0.850. The fourth-order valence-corrected chi connectivity index (χ4v) is 2.74. The number of hydrogen-bond acceptors (Lipinski definition) is 0. The highest BCUT2D eigenvalue weighted by Gasteiger charge is 2.25. The zero-order valence-corrected chi connectivity index (χ0v) is 7.40. The van der Waals surface area contributed by atoms with Crippen molar-refractivity contribution in [2.75, 3.05) is 0 Å². The van der Waals surface area contributed by atoms with Crippen LogP contribution in [0.5, 0.6) is 0 Å². The summed E-state index contributed by atoms with van der Waals surface area (Å²) in [5.41, 5.74) is 8.41. The summed E-state index contributed by atoms with van der Waals surface area (Å²) in [4.78, 5) is 0. The molecule has 3 aliphatic rings. The Hall–Kier alpha value is -0.740. The minimum Gasteiger partial charge on any atom is -0.117 e. The Morgan fingerprint density at radius 3 is 3.17 bits per heavy atom. The van der Waals surface area contributed by atoms with E-state index in [9.17, 15) is 0 Å². The van der Waals surface area contributed by atoms with E-state index >= 15 is 0 Å². The molecule has 3 rings (SSSR count). The van der Waals surface area contributed by atoms with E-state index in [1.807, 2.05) is 0 Å². The molecule has 0 saturated heterocycles. The Morgan fingerprint density at radius 1 is 1.17 bits per heavy atom. The minimum atomic E-state index is 0.790. The van der Waals surface area contributed by atoms with Crippen LogP contribution in [0.25, 0.3) is 0 Å². The van der Waals surface area contributed by atoms with E-state index in [1.165, 1.54) is 38.5 Å². The summed E-state index contributed by atoms with van der Waals surface area (Å²) >= 11 is 0. The van der Waals surface area contributed by atoms with Gasteiger partial charge in [-0.15, -0.1) is 5.73 Å². The summed E-state index contributed by atoms with van der Waals surface area (Å²) in [6, 6.07) is 0. The van der Waals surface area contributed by atoms with E-state index in [-0.39, 0.29) is 0 Å². The molecule has 3 aliphatic carbocycles. The molecular weight excluding hydrogens is 144 g/mol. The van der Waals surface area contributed by atoms with E-state index < -0.39 is 0 Å². The Bertz CT molecular complexity index is 311. The summed E-state index contributed by atoms with van der Waals surface area (Å²) in [5.74, 6) is 0.790. The molecule has 0 aromatic rings. The first-order valence-corrected chi connectivity index (χ1v) is 5.13. The van der Waals surface area contributed by atoms with Crippen molar-refractivity contribution in [1.29, 1.82) is 0 Å². The van der Waals surface area contributed by atoms with Gasteiger partial charge >= 0.3 is 0 Å². The molecule has 0 heterocycles. The summed E-state index contributed by atoms with van der Waals surface area (Å²) in [6.45, 7) is 0. The van der Waals surface area contributed by atoms with Crippen molar-refractivity contribution >= 4 is 0 Å². The Labute approximate surface area is 73.7 Å². The molecule has 4 bridgehead atoms. The van der Waals surface area contributed by atoms with Crippen molar-refractivity contribution in [2.45, 2.75) is 38.5 Å². The highest BCUT2D eigenvalue weighted by atomic mass is 14.3. The molecule has 0 aromatic heterocycles. The average molecular weight is 158 g/mol. The second kappa shape index (κ2) is 2.37. The van der Waals surface area contributed by atoms with Gasteiger partial charge in [-0.3, -0.25) is 0 Å². The Balaban J connectivity index is 2.14. The van der Waals surface area contributed by atoms with Gasteiger partial charge in [0.15, 0.2) is 0 Å². The molecule has 62 valence electrons. The number of hydrogen-bond donors (Lipinski definition) is 0. The van der Waals surface area contributed by atoms with Gasteiger partial charge in [-0.1, -0.05) is 6.08 Å². The van der Waals surface area contributed by atoms with Gasteiger partial charge in [0.05, 0.1) is 0 Å². The van der Waals surface area contributed by atoms with Gasteiger partial charge in [0.1, 0.15) is 0 Å². The summed E-state index contributed by atoms with van der Waals surface area (Å²) in [7, 11) is 0. The van der Waals surface area contributed by atoms with Crippen molar-refractivity contribution in [3.8, 4) is 0 Å². The van der Waals surface area contributed by atoms with E-state index in [0.29, 0.717) is 0 Å². The van der Waals surface area contributed by atoms with Crippen LogP contribution >= 0.6 is 0 Å². The zero-order chi connectivity index (χ0) is 7.97. The van der Waals surface area contributed by atoms with Crippen LogP contribution in [0.3, 0.4) is 0 Å². The molecule has 0 nitrogen and oxygen atoms in total. The van der Waals surface area contributed by atoms with Gasteiger partial charge in [-0.25, -0.2) is 0 Å². The molecule has 0 radical (unpaired) electrons. The Kier molecular flexibility index (Phi) is 1.33. The maximum atomic E-state index is 3.62. The van der Waals surface area contributed by atoms with Crippen LogP contribution in [-0.2, 0) is 0 Å². The van der Waals surface area contributed by atoms with Crippen LogP contribution in [0.4, 0.5) is 0 Å². The first-order chi connectivity index (χ1) is 5.93. The van der Waals surface area contributed by atoms with Crippen molar-refractivity contribution in [3.63, 3.8) is 0 Å². The highest BCUT2D eigenvalue weighted by molar-refractivity contribution is 5.41. The molecule has 0 N–H and O–H groups in total. The normalized spacial score (nSPS) is 32.0. The van der Waals surface area contributed by atoms with E-state index in [4.69, 9.17) is 0 Å². The first kappa shape index (κ1) is 6.74. The minimum absolute atomic E-state index is 0.790. The lowest BCUT2D eigenvalue weighted by molar-refractivity contribution is 0.539. The molecule has 0 heteroatoms. The van der Waals surface area contributed by atoms with Crippen LogP contribution in [0.2, 0.25) is 0 Å². The third-order valence-electron chi connectivity index (χ3n) is 3.38. The number of rotatable bonds is 0. The lowest BCUT2D eigenvalue weighted by Gasteiger charge is -2.30. The van der Waals surface area contributed by atoms with Gasteiger partial charge in [0.2, 0.25) is 0 Å². The highest BCUT2D eigenvalue weighted by Crippen LogP contribution is 2.41. The van der Waals surface area contributed by atoms with E-state index in [1.54, 1.807) is 16.7 Å². The van der Waals surface area contributed by atoms with Gasteiger partial charge < -0.3 is 0 Å². The lowest BCUT2D eigenvalue weighted by Crippen LogP contribution is -2.15. The SMILES string of the molecule is C1=C2CCCC=1C1C=C2CCC1. The molecule has 1 atom stereocenters. The zero-order valence-electron chi connectivity index (χ0n) is 7.40. The van der Waals surface area contributed by atoms with Crippen LogP contribution in [0, 0.1) is 5.92 Å². The Morgan fingerprint density at radius 2 is 2.17 bits per heavy atom. The molecule has 0 aromatic carbocycles. The number of allylic oxidation sites excluding steroid dienone is 3. The second-order valence-corrected chi connectivity index (χ2v) is 4.17. The third-order valence-corrected chi connectivity index (χ3v) is 3.38. The monoisotopic (exact) mass is 158 g/mol. The van der Waals surface area contributed by atoms with Gasteiger partial charge in [0.25, 0.3) is 0 Å². The molecule has 0 spiro atoms. The fraction of sp³-hybridized carbons (Fsp3) is 0.583. The van der Waals surface area contributed by atoms with Gasteiger partial charge in [-0.2, -0.15) is 0 Å². The molecule has 0 amide bonds. The van der Waals surface area contributed by atoms with Crippen LogP contribution in [0.15, 0.2) is 28.5 Å². The van der Waals surface area contributed by atoms with E-state index in [2.05, 4.69) is 11.8 Å². The maximum Gasteiger partial charge on any atom is 0.00591 e. The second-order valence-electron chi connectivity index (χ2n) is 4.17. The quantitative estimate of drug-likeness (QED) is 0.474. The van der Waals surface area contributed by atoms with Crippen molar-refractivity contribution in [1.82, 2.24) is 0 Å². The van der Waals surface area contributed by atoms with Crippen LogP contribution in [0.1, 0.15) is 38.5 Å². The predicted molar refractivity (Wildman–Crippen MR) is 49.8 cm³/mol. The summed E-state index contributed by atoms with van der Waals surface area (Å²) < 4.78 is 0. The first-order valence-electron chi connectivity index (χ1n) is 5.13. The molecule has 1 unspecified atom stereocenters. The van der Waals surface area contributed by atoms with Crippen molar-refractivity contribution in [3.05, 3.63) is 28.5 Å². The van der Waals surface area contributed by atoms with Crippen LogP contribution in [-0.4, -0.2) is 0 Å². The summed E-state index contributed by atoms with van der Waals surface area (Å²) in [5, 5.41) is 0. The largest absolute Gasteiger partial charge is 0.117 e. The average Bonchev–Trinajstić information content (AvgIpc) is 2.17. The van der Waals surface area contributed by atoms with Gasteiger partial charge in [-0.05, 0) is 55.2 Å². The van der Waals surface area contributed by atoms with Crippen molar-refractivity contribution in [2.24, 2.45) is 5.92 Å². The van der Waals surface area contributed by atoms with Crippen molar-refractivity contribution < 1.29 is 0 Å². The smallest absolute Gasteiger partial charge is 0.00591 e. The number of fused-ring (bicyclic) bond motifs is 3. The fourth-order valence-electron chi connectivity index (χ4n) is 2.74. The lowest BCUT2D eigenvalue weighted by atomic mass is 9.74.